The molecule has 2 aromatic carbocycles. The molecule has 1 heterocycles. The predicted molar refractivity (Wildman–Crippen MR) is 84.8 cm³/mol. The van der Waals surface area contributed by atoms with Crippen molar-refractivity contribution in [2.75, 3.05) is 0 Å². The summed E-state index contributed by atoms with van der Waals surface area (Å²) < 4.78 is 6.70. The van der Waals surface area contributed by atoms with Gasteiger partial charge in [0.05, 0.1) is 11.3 Å². The number of tetrazole rings is 1. The predicted octanol–water partition coefficient (Wildman–Crippen LogP) is 2.09. The van der Waals surface area contributed by atoms with Crippen molar-refractivity contribution in [3.63, 3.8) is 0 Å². The summed E-state index contributed by atoms with van der Waals surface area (Å²) in [5.41, 5.74) is 1.44. The molecular formula is C17H14N4O3. The minimum atomic E-state index is -0.878. The van der Waals surface area contributed by atoms with E-state index in [4.69, 9.17) is 4.74 Å². The summed E-state index contributed by atoms with van der Waals surface area (Å²) in [7, 11) is 0. The van der Waals surface area contributed by atoms with Gasteiger partial charge in [-0.25, -0.2) is 9.48 Å². The summed E-state index contributed by atoms with van der Waals surface area (Å²) >= 11 is 0. The number of carbonyl (C=O) groups is 2. The molecule has 0 unspecified atom stereocenters. The molecule has 0 aliphatic rings. The molecule has 0 spiro atoms. The van der Waals surface area contributed by atoms with E-state index in [0.717, 1.165) is 0 Å². The minimum absolute atomic E-state index is 0.249. The maximum absolute atomic E-state index is 12.3. The highest BCUT2D eigenvalue weighted by Gasteiger charge is 2.20. The number of hydrogen-bond donors (Lipinski definition) is 0. The first kappa shape index (κ1) is 15.5. The summed E-state index contributed by atoms with van der Waals surface area (Å²) in [5.74, 6) is -0.831. The molecule has 0 fully saturated rings. The average molecular weight is 322 g/mol. The quantitative estimate of drug-likeness (QED) is 0.528. The molecule has 0 saturated carbocycles. The van der Waals surface area contributed by atoms with Crippen LogP contribution in [0.5, 0.6) is 0 Å². The third kappa shape index (κ3) is 3.35. The fraction of sp³-hybridized carbons (Fsp3) is 0.118. The van der Waals surface area contributed by atoms with E-state index >= 15 is 0 Å². The van der Waals surface area contributed by atoms with E-state index in [-0.39, 0.29) is 5.78 Å². The number of Topliss-reactive ketones (excluding diaryl/α,β-unsaturated/α-hetero) is 1. The fourth-order valence-electron chi connectivity index (χ4n) is 2.17. The van der Waals surface area contributed by atoms with Gasteiger partial charge < -0.3 is 4.74 Å². The lowest BCUT2D eigenvalue weighted by molar-refractivity contribution is 0.0319. The van der Waals surface area contributed by atoms with Crippen LogP contribution in [0, 0.1) is 0 Å². The van der Waals surface area contributed by atoms with Crippen LogP contribution in [0.15, 0.2) is 60.9 Å². The lowest BCUT2D eigenvalue weighted by Gasteiger charge is -2.12. The molecule has 3 aromatic rings. The molecule has 0 aliphatic carbocycles. The van der Waals surface area contributed by atoms with E-state index in [9.17, 15) is 9.59 Å². The second kappa shape index (κ2) is 6.82. The molecule has 0 radical (unpaired) electrons. The average Bonchev–Trinajstić information content (AvgIpc) is 3.16. The molecular weight excluding hydrogens is 308 g/mol. The first-order valence-corrected chi connectivity index (χ1v) is 7.29. The van der Waals surface area contributed by atoms with Gasteiger partial charge in [-0.15, -0.1) is 5.10 Å². The Bertz CT molecular complexity index is 847. The number of rotatable bonds is 5. The van der Waals surface area contributed by atoms with Crippen LogP contribution < -0.4 is 0 Å². The summed E-state index contributed by atoms with van der Waals surface area (Å²) in [4.78, 5) is 24.5. The second-order valence-electron chi connectivity index (χ2n) is 5.08. The summed E-state index contributed by atoms with van der Waals surface area (Å²) in [6.45, 7) is 1.55. The molecule has 0 bridgehead atoms. The van der Waals surface area contributed by atoms with E-state index in [1.54, 1.807) is 55.5 Å². The Morgan fingerprint density at radius 1 is 1.04 bits per heavy atom. The largest absolute Gasteiger partial charge is 0.451 e. The second-order valence-corrected chi connectivity index (χ2v) is 5.08. The Hall–Kier alpha value is -3.35. The Kier molecular flexibility index (Phi) is 4.42. The van der Waals surface area contributed by atoms with Gasteiger partial charge in [-0.05, 0) is 35.5 Å². The number of hydrogen-bond acceptors (Lipinski definition) is 6. The van der Waals surface area contributed by atoms with Crippen molar-refractivity contribution in [3.8, 4) is 5.69 Å². The molecule has 120 valence electrons. The zero-order valence-electron chi connectivity index (χ0n) is 12.9. The third-order valence-corrected chi connectivity index (χ3v) is 3.41. The van der Waals surface area contributed by atoms with Crippen molar-refractivity contribution in [1.82, 2.24) is 20.2 Å². The zero-order chi connectivity index (χ0) is 16.9. The van der Waals surface area contributed by atoms with Gasteiger partial charge in [0.1, 0.15) is 6.33 Å². The van der Waals surface area contributed by atoms with Gasteiger partial charge in [-0.3, -0.25) is 4.79 Å². The summed E-state index contributed by atoms with van der Waals surface area (Å²) in [6.07, 6.45) is 0.544. The van der Waals surface area contributed by atoms with Gasteiger partial charge in [-0.2, -0.15) is 0 Å². The molecule has 0 saturated heterocycles. The molecule has 7 nitrogen and oxygen atoms in total. The molecule has 7 heteroatoms. The Morgan fingerprint density at radius 2 is 1.79 bits per heavy atom. The van der Waals surface area contributed by atoms with E-state index < -0.39 is 12.1 Å². The molecule has 24 heavy (non-hydrogen) atoms. The molecule has 3 rings (SSSR count). The van der Waals surface area contributed by atoms with Gasteiger partial charge in [0.2, 0.25) is 5.78 Å². The van der Waals surface area contributed by atoms with Gasteiger partial charge in [0.15, 0.2) is 6.10 Å². The molecule has 0 aliphatic heterocycles. The Labute approximate surface area is 137 Å². The van der Waals surface area contributed by atoms with Crippen molar-refractivity contribution >= 4 is 11.8 Å². The van der Waals surface area contributed by atoms with Crippen molar-refractivity contribution < 1.29 is 14.3 Å². The van der Waals surface area contributed by atoms with Gasteiger partial charge in [0.25, 0.3) is 0 Å². The number of benzene rings is 2. The lowest BCUT2D eigenvalue weighted by atomic mass is 10.1. The number of ether oxygens (including phenoxy) is 1. The van der Waals surface area contributed by atoms with Crippen LogP contribution in [-0.2, 0) is 4.74 Å². The van der Waals surface area contributed by atoms with Crippen LogP contribution in [0.25, 0.3) is 5.69 Å². The number of nitrogens with zero attached hydrogens (tertiary/aromatic N) is 4. The van der Waals surface area contributed by atoms with E-state index in [2.05, 4.69) is 15.5 Å². The first-order chi connectivity index (χ1) is 11.6. The van der Waals surface area contributed by atoms with Gasteiger partial charge in [-0.1, -0.05) is 36.4 Å². The smallest absolute Gasteiger partial charge is 0.338 e. The van der Waals surface area contributed by atoms with Gasteiger partial charge >= 0.3 is 5.97 Å². The van der Waals surface area contributed by atoms with Crippen molar-refractivity contribution in [3.05, 3.63) is 72.1 Å². The number of ketones is 1. The van der Waals surface area contributed by atoms with Crippen LogP contribution in [0.4, 0.5) is 0 Å². The molecule has 0 amide bonds. The highest BCUT2D eigenvalue weighted by molar-refractivity contribution is 6.01. The minimum Gasteiger partial charge on any atom is -0.451 e. The van der Waals surface area contributed by atoms with Crippen molar-refractivity contribution in [2.24, 2.45) is 0 Å². The summed E-state index contributed by atoms with van der Waals surface area (Å²) in [6, 6.07) is 15.4. The Morgan fingerprint density at radius 3 is 2.50 bits per heavy atom. The first-order valence-electron chi connectivity index (χ1n) is 7.29. The van der Waals surface area contributed by atoms with E-state index in [1.165, 1.54) is 11.0 Å². The topological polar surface area (TPSA) is 87.0 Å². The van der Waals surface area contributed by atoms with Crippen LogP contribution >= 0.6 is 0 Å². The van der Waals surface area contributed by atoms with Gasteiger partial charge in [0, 0.05) is 5.56 Å². The maximum atomic E-state index is 12.3. The zero-order valence-corrected chi connectivity index (χ0v) is 12.9. The van der Waals surface area contributed by atoms with Crippen LogP contribution in [0.3, 0.4) is 0 Å². The van der Waals surface area contributed by atoms with Crippen LogP contribution in [-0.4, -0.2) is 38.1 Å². The number of carbonyl (C=O) groups excluding carboxylic acids is 2. The van der Waals surface area contributed by atoms with Crippen LogP contribution in [0.1, 0.15) is 27.6 Å². The van der Waals surface area contributed by atoms with Crippen molar-refractivity contribution in [1.29, 1.82) is 0 Å². The standard InChI is InChI=1S/C17H14N4O3/c1-12(16(22)13-6-3-2-4-7-13)24-17(23)14-8-5-9-15(10-14)21-11-18-19-20-21/h2-12H,1H3/t12-/m1/s1. The SMILES string of the molecule is C[C@@H](OC(=O)c1cccc(-n2cnnn2)c1)C(=O)c1ccccc1. The third-order valence-electron chi connectivity index (χ3n) is 3.41. The Balaban J connectivity index is 1.73. The van der Waals surface area contributed by atoms with E-state index in [1.807, 2.05) is 6.07 Å². The monoisotopic (exact) mass is 322 g/mol. The summed E-state index contributed by atoms with van der Waals surface area (Å²) in [5, 5.41) is 10.9. The number of esters is 1. The van der Waals surface area contributed by atoms with Crippen LogP contribution in [0.2, 0.25) is 0 Å². The normalized spacial score (nSPS) is 11.7. The van der Waals surface area contributed by atoms with E-state index in [0.29, 0.717) is 16.8 Å². The van der Waals surface area contributed by atoms with Crippen molar-refractivity contribution in [2.45, 2.75) is 13.0 Å². The highest BCUT2D eigenvalue weighted by Crippen LogP contribution is 2.13. The fourth-order valence-corrected chi connectivity index (χ4v) is 2.17. The number of aromatic nitrogens is 4. The lowest BCUT2D eigenvalue weighted by Crippen LogP contribution is -2.24. The molecule has 0 N–H and O–H groups in total. The highest BCUT2D eigenvalue weighted by atomic mass is 16.5. The maximum Gasteiger partial charge on any atom is 0.338 e. The molecule has 1 aromatic heterocycles. The molecule has 1 atom stereocenters.